The van der Waals surface area contributed by atoms with E-state index in [0.29, 0.717) is 5.92 Å². The van der Waals surface area contributed by atoms with Crippen molar-refractivity contribution in [3.05, 3.63) is 65.9 Å². The molecular weight excluding hydrogens is 308 g/mol. The highest BCUT2D eigenvalue weighted by Crippen LogP contribution is 2.28. The number of hydrogen-bond acceptors (Lipinski definition) is 2. The molecule has 4 nitrogen and oxygen atoms in total. The van der Waals surface area contributed by atoms with Gasteiger partial charge in [0, 0.05) is 17.8 Å². The van der Waals surface area contributed by atoms with Gasteiger partial charge in [0.15, 0.2) is 0 Å². The zero-order chi connectivity index (χ0) is 17.6. The molecule has 0 saturated heterocycles. The molecule has 0 radical (unpaired) electrons. The van der Waals surface area contributed by atoms with Crippen molar-refractivity contribution in [1.29, 1.82) is 0 Å². The summed E-state index contributed by atoms with van der Waals surface area (Å²) in [7, 11) is 0. The van der Waals surface area contributed by atoms with Crippen molar-refractivity contribution >= 4 is 16.7 Å². The Bertz CT molecular complexity index is 1000. The Kier molecular flexibility index (Phi) is 3.64. The number of hydrogen-bond donors (Lipinski definition) is 1. The number of nitrogens with one attached hydrogen (secondary N) is 1. The van der Waals surface area contributed by atoms with E-state index in [9.17, 15) is 0 Å². The summed E-state index contributed by atoms with van der Waals surface area (Å²) in [6.07, 6.45) is 5.14. The van der Waals surface area contributed by atoms with Crippen molar-refractivity contribution in [1.82, 2.24) is 19.4 Å². The molecule has 0 aliphatic heterocycles. The molecule has 4 aromatic rings. The molecule has 0 unspecified atom stereocenters. The molecule has 0 amide bonds. The number of rotatable bonds is 4. The van der Waals surface area contributed by atoms with Crippen molar-refractivity contribution in [3.63, 3.8) is 0 Å². The third-order valence-corrected chi connectivity index (χ3v) is 4.81. The fourth-order valence-corrected chi connectivity index (χ4v) is 3.30. The van der Waals surface area contributed by atoms with E-state index in [2.05, 4.69) is 73.7 Å². The highest BCUT2D eigenvalue weighted by atomic mass is 15.0. The Morgan fingerprint density at radius 2 is 1.92 bits per heavy atom. The van der Waals surface area contributed by atoms with Gasteiger partial charge in [-0.2, -0.15) is 0 Å². The molecule has 0 bridgehead atoms. The van der Waals surface area contributed by atoms with Crippen LogP contribution in [0.2, 0.25) is 0 Å². The summed E-state index contributed by atoms with van der Waals surface area (Å²) in [5.74, 6) is 1.47. The molecule has 128 valence electrons. The van der Waals surface area contributed by atoms with Gasteiger partial charge in [-0.15, -0.1) is 0 Å². The molecule has 0 fully saturated rings. The highest BCUT2D eigenvalue weighted by Gasteiger charge is 2.25. The summed E-state index contributed by atoms with van der Waals surface area (Å²) in [4.78, 5) is 13.0. The second-order valence-electron chi connectivity index (χ2n) is 7.78. The van der Waals surface area contributed by atoms with Crippen LogP contribution in [-0.4, -0.2) is 19.4 Å². The first-order chi connectivity index (χ1) is 11.9. The molecule has 0 aliphatic carbocycles. The lowest BCUT2D eigenvalue weighted by Crippen LogP contribution is -2.22. The molecule has 25 heavy (non-hydrogen) atoms. The van der Waals surface area contributed by atoms with Gasteiger partial charge < -0.3 is 9.38 Å². The number of H-pyrrole nitrogens is 1. The van der Waals surface area contributed by atoms with E-state index < -0.39 is 0 Å². The topological polar surface area (TPSA) is 46.0 Å². The van der Waals surface area contributed by atoms with Gasteiger partial charge in [0.05, 0.1) is 16.7 Å². The molecule has 1 N–H and O–H groups in total. The van der Waals surface area contributed by atoms with Crippen LogP contribution < -0.4 is 0 Å². The number of aromatic nitrogens is 4. The van der Waals surface area contributed by atoms with Crippen LogP contribution in [0, 0.1) is 0 Å². The van der Waals surface area contributed by atoms with Crippen molar-refractivity contribution < 1.29 is 0 Å². The summed E-state index contributed by atoms with van der Waals surface area (Å²) in [5.41, 5.74) is 5.46. The average molecular weight is 332 g/mol. The van der Waals surface area contributed by atoms with Crippen LogP contribution in [0.15, 0.2) is 48.8 Å². The van der Waals surface area contributed by atoms with Crippen LogP contribution >= 0.6 is 0 Å². The van der Waals surface area contributed by atoms with E-state index in [0.717, 1.165) is 34.6 Å². The smallest absolute Gasteiger partial charge is 0.137 e. The number of benzene rings is 1. The Morgan fingerprint density at radius 1 is 1.12 bits per heavy atom. The molecular formula is C21H24N4. The zero-order valence-electron chi connectivity index (χ0n) is 15.2. The summed E-state index contributed by atoms with van der Waals surface area (Å²) in [5, 5.41) is 0. The predicted molar refractivity (Wildman–Crippen MR) is 102 cm³/mol. The normalized spacial score (nSPS) is 12.5. The van der Waals surface area contributed by atoms with E-state index in [1.54, 1.807) is 0 Å². The molecule has 0 saturated carbocycles. The average Bonchev–Trinajstić information content (AvgIpc) is 3.18. The third-order valence-electron chi connectivity index (χ3n) is 4.81. The molecule has 3 aromatic heterocycles. The number of fused-ring (bicyclic) bond motifs is 2. The summed E-state index contributed by atoms with van der Waals surface area (Å²) in [6.45, 7) is 8.82. The van der Waals surface area contributed by atoms with Crippen LogP contribution in [0.3, 0.4) is 0 Å². The number of aromatic amines is 1. The van der Waals surface area contributed by atoms with Gasteiger partial charge in [-0.1, -0.05) is 39.8 Å². The molecule has 1 aromatic carbocycles. The van der Waals surface area contributed by atoms with Gasteiger partial charge in [-0.3, -0.25) is 0 Å². The Hall–Kier alpha value is -2.62. The second kappa shape index (κ2) is 5.73. The minimum absolute atomic E-state index is 0.0785. The van der Waals surface area contributed by atoms with Crippen LogP contribution in [-0.2, 0) is 11.8 Å². The molecule has 0 spiro atoms. The largest absolute Gasteiger partial charge is 0.342 e. The van der Waals surface area contributed by atoms with Crippen LogP contribution in [0.5, 0.6) is 0 Å². The SMILES string of the molecule is CC(C)c1cn2ccc(CC(C)(C)c3nc4ccccc4[nH]3)cc2n1. The standard InChI is InChI=1S/C21H24N4/c1-14(2)18-13-25-10-9-15(11-19(25)22-18)12-21(3,4)20-23-16-7-5-6-8-17(16)24-20/h5-11,13-14H,12H2,1-4H3,(H,23,24). The maximum absolute atomic E-state index is 4.79. The van der Waals surface area contributed by atoms with E-state index in [-0.39, 0.29) is 5.41 Å². The van der Waals surface area contributed by atoms with Crippen molar-refractivity contribution in [2.75, 3.05) is 0 Å². The van der Waals surface area contributed by atoms with Crippen LogP contribution in [0.4, 0.5) is 0 Å². The highest BCUT2D eigenvalue weighted by molar-refractivity contribution is 5.75. The molecule has 3 heterocycles. The maximum atomic E-state index is 4.79. The monoisotopic (exact) mass is 332 g/mol. The first-order valence-corrected chi connectivity index (χ1v) is 8.85. The minimum atomic E-state index is -0.0785. The van der Waals surface area contributed by atoms with Crippen molar-refractivity contribution in [2.45, 2.75) is 45.4 Å². The number of pyridine rings is 1. The lowest BCUT2D eigenvalue weighted by atomic mass is 9.85. The fraction of sp³-hybridized carbons (Fsp3) is 0.333. The van der Waals surface area contributed by atoms with Crippen LogP contribution in [0.1, 0.15) is 50.7 Å². The van der Waals surface area contributed by atoms with E-state index >= 15 is 0 Å². The molecule has 4 rings (SSSR count). The van der Waals surface area contributed by atoms with Gasteiger partial charge in [-0.25, -0.2) is 9.97 Å². The lowest BCUT2D eigenvalue weighted by Gasteiger charge is -2.22. The van der Waals surface area contributed by atoms with Gasteiger partial charge in [-0.05, 0) is 42.2 Å². The predicted octanol–water partition coefficient (Wildman–Crippen LogP) is 4.85. The van der Waals surface area contributed by atoms with E-state index in [1.807, 2.05) is 12.1 Å². The van der Waals surface area contributed by atoms with E-state index in [1.165, 1.54) is 5.56 Å². The van der Waals surface area contributed by atoms with Gasteiger partial charge in [0.1, 0.15) is 11.5 Å². The maximum Gasteiger partial charge on any atom is 0.137 e. The van der Waals surface area contributed by atoms with Gasteiger partial charge in [0.2, 0.25) is 0 Å². The third kappa shape index (κ3) is 2.93. The van der Waals surface area contributed by atoms with Crippen LogP contribution in [0.25, 0.3) is 16.7 Å². The van der Waals surface area contributed by atoms with Crippen molar-refractivity contribution in [3.8, 4) is 0 Å². The van der Waals surface area contributed by atoms with Crippen molar-refractivity contribution in [2.24, 2.45) is 0 Å². The van der Waals surface area contributed by atoms with Gasteiger partial charge >= 0.3 is 0 Å². The fourth-order valence-electron chi connectivity index (χ4n) is 3.30. The quantitative estimate of drug-likeness (QED) is 0.580. The first kappa shape index (κ1) is 15.9. The number of para-hydroxylation sites is 2. The molecule has 4 heteroatoms. The number of imidazole rings is 2. The molecule has 0 atom stereocenters. The molecule has 0 aliphatic rings. The van der Waals surface area contributed by atoms with Gasteiger partial charge in [0.25, 0.3) is 0 Å². The Labute approximate surface area is 147 Å². The zero-order valence-corrected chi connectivity index (χ0v) is 15.2. The van der Waals surface area contributed by atoms with E-state index in [4.69, 9.17) is 9.97 Å². The Morgan fingerprint density at radius 3 is 2.68 bits per heavy atom. The summed E-state index contributed by atoms with van der Waals surface area (Å²) >= 11 is 0. The lowest BCUT2D eigenvalue weighted by molar-refractivity contribution is 0.493. The minimum Gasteiger partial charge on any atom is -0.342 e. The second-order valence-corrected chi connectivity index (χ2v) is 7.78. The summed E-state index contributed by atoms with van der Waals surface area (Å²) in [6, 6.07) is 12.6. The number of nitrogens with zero attached hydrogens (tertiary/aromatic N) is 3. The summed E-state index contributed by atoms with van der Waals surface area (Å²) < 4.78 is 2.10. The first-order valence-electron chi connectivity index (χ1n) is 8.85. The Balaban J connectivity index is 1.66.